The smallest absolute Gasteiger partial charge is 0.408 e. The van der Waals surface area contributed by atoms with E-state index in [1.165, 1.54) is 6.33 Å². The maximum atomic E-state index is 12.9. The largest absolute Gasteiger partial charge is 0.445 e. The van der Waals surface area contributed by atoms with E-state index in [9.17, 15) is 9.59 Å². The van der Waals surface area contributed by atoms with Gasteiger partial charge in [-0.25, -0.2) is 15.2 Å². The molecule has 190 valence electrons. The fourth-order valence-corrected chi connectivity index (χ4v) is 4.01. The molecule has 0 saturated carbocycles. The van der Waals surface area contributed by atoms with Crippen molar-refractivity contribution in [2.75, 3.05) is 0 Å². The van der Waals surface area contributed by atoms with Crippen LogP contribution in [0.2, 0.25) is 5.02 Å². The van der Waals surface area contributed by atoms with Crippen LogP contribution < -0.4 is 10.7 Å². The third kappa shape index (κ3) is 6.86. The van der Waals surface area contributed by atoms with Crippen LogP contribution in [0.1, 0.15) is 28.2 Å². The van der Waals surface area contributed by atoms with Gasteiger partial charge in [0.15, 0.2) is 0 Å². The summed E-state index contributed by atoms with van der Waals surface area (Å²) in [5, 5.41) is 7.42. The van der Waals surface area contributed by atoms with Gasteiger partial charge in [0, 0.05) is 46.0 Å². The van der Waals surface area contributed by atoms with Crippen LogP contribution >= 0.6 is 11.6 Å². The zero-order chi connectivity index (χ0) is 26.2. The fraction of sp³-hybridized carbons (Fsp3) is 0.185. The molecule has 0 saturated heterocycles. The number of H-pyrrole nitrogens is 1. The number of hydrazone groups is 1. The summed E-state index contributed by atoms with van der Waals surface area (Å²) in [6.07, 6.45) is 4.15. The number of ether oxygens (including phenoxy) is 1. The third-order valence-corrected chi connectivity index (χ3v) is 5.99. The summed E-state index contributed by atoms with van der Waals surface area (Å²) in [4.78, 5) is 32.2. The third-order valence-electron chi connectivity index (χ3n) is 5.73. The van der Waals surface area contributed by atoms with Gasteiger partial charge in [0.2, 0.25) is 0 Å². The molecule has 1 atom stereocenters. The molecule has 4 aromatic rings. The Bertz CT molecular complexity index is 1370. The van der Waals surface area contributed by atoms with Gasteiger partial charge in [-0.2, -0.15) is 5.10 Å². The summed E-state index contributed by atoms with van der Waals surface area (Å²) < 4.78 is 7.35. The Morgan fingerprint density at radius 2 is 1.92 bits per heavy atom. The number of aryl methyl sites for hydroxylation is 1. The molecular weight excluding hydrogens is 492 g/mol. The number of benzene rings is 2. The molecule has 10 heteroatoms. The Balaban J connectivity index is 1.41. The fourth-order valence-electron chi connectivity index (χ4n) is 3.88. The molecule has 0 aliphatic rings. The van der Waals surface area contributed by atoms with Gasteiger partial charge in [-0.1, -0.05) is 41.9 Å². The molecule has 2 heterocycles. The Hall–Kier alpha value is -4.37. The van der Waals surface area contributed by atoms with Crippen molar-refractivity contribution in [3.63, 3.8) is 0 Å². The lowest BCUT2D eigenvalue weighted by Crippen LogP contribution is -2.47. The highest BCUT2D eigenvalue weighted by atomic mass is 35.5. The average Bonchev–Trinajstić information content (AvgIpc) is 3.51. The number of nitrogens with zero attached hydrogens (tertiary/aromatic N) is 3. The standard InChI is InChI=1S/C27H27ClN6O3/c1-18-12-21(19(2)34(18)24-10-8-22(28)9-11-24)14-31-33-26(35)25(13-23-15-29-17-30-23)32-27(36)37-16-20-6-4-3-5-7-20/h3-12,14-15,17,25H,13,16H2,1-2H3,(H,29,30)(H,32,36)(H,33,35)/b31-14-/t25-/m0/s1. The minimum absolute atomic E-state index is 0.0897. The predicted octanol–water partition coefficient (Wildman–Crippen LogP) is 4.46. The van der Waals surface area contributed by atoms with Gasteiger partial charge in [-0.3, -0.25) is 4.79 Å². The molecule has 0 unspecified atom stereocenters. The topological polar surface area (TPSA) is 113 Å². The summed E-state index contributed by atoms with van der Waals surface area (Å²) in [6.45, 7) is 4.05. The zero-order valence-corrected chi connectivity index (χ0v) is 21.2. The van der Waals surface area contributed by atoms with Crippen LogP contribution in [0, 0.1) is 13.8 Å². The monoisotopic (exact) mass is 518 g/mol. The molecule has 37 heavy (non-hydrogen) atoms. The van der Waals surface area contributed by atoms with E-state index in [1.54, 1.807) is 12.4 Å². The first-order valence-corrected chi connectivity index (χ1v) is 12.0. The maximum absolute atomic E-state index is 12.9. The highest BCUT2D eigenvalue weighted by molar-refractivity contribution is 6.30. The van der Waals surface area contributed by atoms with Crippen molar-refractivity contribution in [1.29, 1.82) is 0 Å². The Morgan fingerprint density at radius 3 is 2.62 bits per heavy atom. The summed E-state index contributed by atoms with van der Waals surface area (Å²) in [7, 11) is 0. The Labute approximate surface area is 219 Å². The van der Waals surface area contributed by atoms with Gasteiger partial charge in [0.05, 0.1) is 12.5 Å². The number of halogens is 1. The van der Waals surface area contributed by atoms with Crippen LogP contribution in [0.5, 0.6) is 0 Å². The number of nitrogens with one attached hydrogen (secondary N) is 3. The van der Waals surface area contributed by atoms with E-state index in [-0.39, 0.29) is 13.0 Å². The van der Waals surface area contributed by atoms with Crippen LogP contribution in [0.4, 0.5) is 4.79 Å². The highest BCUT2D eigenvalue weighted by Crippen LogP contribution is 2.21. The normalized spacial score (nSPS) is 11.9. The second-order valence-corrected chi connectivity index (χ2v) is 8.85. The van der Waals surface area contributed by atoms with Crippen molar-refractivity contribution in [2.24, 2.45) is 5.10 Å². The summed E-state index contributed by atoms with van der Waals surface area (Å²) in [5.74, 6) is -0.492. The number of carbonyl (C=O) groups is 2. The first kappa shape index (κ1) is 25.7. The van der Waals surface area contributed by atoms with Gasteiger partial charge in [0.1, 0.15) is 12.6 Å². The quantitative estimate of drug-likeness (QED) is 0.224. The number of amides is 2. The minimum atomic E-state index is -0.928. The van der Waals surface area contributed by atoms with Crippen LogP contribution in [-0.2, 0) is 22.6 Å². The van der Waals surface area contributed by atoms with Crippen molar-refractivity contribution in [3.8, 4) is 5.69 Å². The molecule has 0 bridgehead atoms. The van der Waals surface area contributed by atoms with E-state index in [2.05, 4.69) is 30.4 Å². The van der Waals surface area contributed by atoms with Crippen LogP contribution in [-0.4, -0.2) is 38.8 Å². The summed E-state index contributed by atoms with van der Waals surface area (Å²) in [5.41, 5.74) is 7.82. The molecule has 0 aliphatic heterocycles. The number of aromatic nitrogens is 3. The molecule has 3 N–H and O–H groups in total. The van der Waals surface area contributed by atoms with Gasteiger partial charge < -0.3 is 19.6 Å². The average molecular weight is 519 g/mol. The molecule has 4 rings (SSSR count). The summed E-state index contributed by atoms with van der Waals surface area (Å²) >= 11 is 6.02. The lowest BCUT2D eigenvalue weighted by atomic mass is 10.1. The number of carbonyl (C=O) groups excluding carboxylic acids is 2. The number of rotatable bonds is 9. The minimum Gasteiger partial charge on any atom is -0.445 e. The number of alkyl carbamates (subject to hydrolysis) is 1. The van der Waals surface area contributed by atoms with Crippen LogP contribution in [0.3, 0.4) is 0 Å². The van der Waals surface area contributed by atoms with E-state index in [0.717, 1.165) is 28.2 Å². The molecule has 2 aromatic heterocycles. The summed E-state index contributed by atoms with van der Waals surface area (Å²) in [6, 6.07) is 17.9. The molecule has 9 nitrogen and oxygen atoms in total. The van der Waals surface area contributed by atoms with Crippen LogP contribution in [0.15, 0.2) is 78.3 Å². The second-order valence-electron chi connectivity index (χ2n) is 8.41. The van der Waals surface area contributed by atoms with Crippen molar-refractivity contribution in [2.45, 2.75) is 32.9 Å². The van der Waals surface area contributed by atoms with E-state index in [0.29, 0.717) is 10.7 Å². The van der Waals surface area contributed by atoms with E-state index in [4.69, 9.17) is 16.3 Å². The Kier molecular flexibility index (Phi) is 8.37. The van der Waals surface area contributed by atoms with Crippen LogP contribution in [0.25, 0.3) is 5.69 Å². The maximum Gasteiger partial charge on any atom is 0.408 e. The number of aromatic amines is 1. The highest BCUT2D eigenvalue weighted by Gasteiger charge is 2.22. The first-order chi connectivity index (χ1) is 17.9. The SMILES string of the molecule is Cc1cc(/C=N\NC(=O)[C@H](Cc2cnc[nH]2)NC(=O)OCc2ccccc2)c(C)n1-c1ccc(Cl)cc1. The van der Waals surface area contributed by atoms with Crippen molar-refractivity contribution < 1.29 is 14.3 Å². The van der Waals surface area contributed by atoms with Gasteiger partial charge >= 0.3 is 6.09 Å². The number of hydrogen-bond donors (Lipinski definition) is 3. The second kappa shape index (κ2) is 12.0. The molecule has 0 radical (unpaired) electrons. The number of hydrogen-bond acceptors (Lipinski definition) is 5. The lowest BCUT2D eigenvalue weighted by Gasteiger charge is -2.16. The van der Waals surface area contributed by atoms with Gasteiger partial charge in [-0.05, 0) is 49.7 Å². The van der Waals surface area contributed by atoms with E-state index >= 15 is 0 Å². The Morgan fingerprint density at radius 1 is 1.16 bits per heavy atom. The first-order valence-electron chi connectivity index (χ1n) is 11.6. The van der Waals surface area contributed by atoms with Crippen molar-refractivity contribution in [1.82, 2.24) is 25.3 Å². The lowest BCUT2D eigenvalue weighted by molar-refractivity contribution is -0.123. The molecule has 0 aliphatic carbocycles. The molecular formula is C27H27ClN6O3. The predicted molar refractivity (Wildman–Crippen MR) is 142 cm³/mol. The van der Waals surface area contributed by atoms with E-state index in [1.807, 2.05) is 74.5 Å². The van der Waals surface area contributed by atoms with E-state index < -0.39 is 18.0 Å². The van der Waals surface area contributed by atoms with Gasteiger partial charge in [0.25, 0.3) is 5.91 Å². The molecule has 0 fully saturated rings. The molecule has 2 amide bonds. The van der Waals surface area contributed by atoms with Crippen molar-refractivity contribution in [3.05, 3.63) is 106 Å². The van der Waals surface area contributed by atoms with Gasteiger partial charge in [-0.15, -0.1) is 0 Å². The number of imidazole rings is 1. The van der Waals surface area contributed by atoms with Crippen molar-refractivity contribution >= 4 is 29.8 Å². The molecule has 2 aromatic carbocycles. The zero-order valence-electron chi connectivity index (χ0n) is 20.4. The molecule has 0 spiro atoms.